The van der Waals surface area contributed by atoms with Crippen molar-refractivity contribution in [2.24, 2.45) is 0 Å². The third-order valence-electron chi connectivity index (χ3n) is 4.22. The highest BCUT2D eigenvalue weighted by atomic mass is 35.5. The molecule has 0 bridgehead atoms. The normalized spacial score (nSPS) is 12.0. The molecule has 140 valence electrons. The van der Waals surface area contributed by atoms with Crippen molar-refractivity contribution in [2.45, 2.75) is 12.5 Å². The van der Waals surface area contributed by atoms with Crippen molar-refractivity contribution in [1.29, 1.82) is 0 Å². The molecule has 2 heterocycles. The number of nitrogens with one attached hydrogen (secondary N) is 3. The van der Waals surface area contributed by atoms with Crippen molar-refractivity contribution in [3.8, 4) is 11.3 Å². The molecule has 3 N–H and O–H groups in total. The first-order valence-electron chi connectivity index (χ1n) is 8.81. The van der Waals surface area contributed by atoms with Gasteiger partial charge in [-0.1, -0.05) is 17.7 Å². The highest BCUT2D eigenvalue weighted by molar-refractivity contribution is 6.30. The van der Waals surface area contributed by atoms with Gasteiger partial charge in [-0.25, -0.2) is 4.98 Å². The predicted octanol–water partition coefficient (Wildman–Crippen LogP) is 3.81. The lowest BCUT2D eigenvalue weighted by Gasteiger charge is -2.17. The molecule has 1 atom stereocenters. The Morgan fingerprint density at radius 3 is 2.67 bits per heavy atom. The topological polar surface area (TPSA) is 74.8 Å². The number of halogens is 1. The van der Waals surface area contributed by atoms with E-state index in [0.717, 1.165) is 35.5 Å². The van der Waals surface area contributed by atoms with E-state index in [0.29, 0.717) is 10.8 Å². The monoisotopic (exact) mass is 382 g/mol. The largest absolute Gasteiger partial charge is 0.339 e. The van der Waals surface area contributed by atoms with E-state index in [1.807, 2.05) is 50.8 Å². The second-order valence-electron chi connectivity index (χ2n) is 6.17. The predicted molar refractivity (Wildman–Crippen MR) is 110 cm³/mol. The van der Waals surface area contributed by atoms with Gasteiger partial charge in [0.05, 0.1) is 18.1 Å². The summed E-state index contributed by atoms with van der Waals surface area (Å²) in [6.07, 6.45) is 8.10. The number of aromatic nitrogens is 3. The van der Waals surface area contributed by atoms with E-state index in [2.05, 4.69) is 37.0 Å². The van der Waals surface area contributed by atoms with Gasteiger partial charge in [-0.3, -0.25) is 9.97 Å². The molecule has 1 unspecified atom stereocenters. The van der Waals surface area contributed by atoms with Crippen LogP contribution in [0.5, 0.6) is 0 Å². The maximum atomic E-state index is 6.04. The molecule has 0 aliphatic heterocycles. The number of rotatable bonds is 8. The van der Waals surface area contributed by atoms with Crippen LogP contribution >= 0.6 is 11.6 Å². The van der Waals surface area contributed by atoms with Crippen LogP contribution in [0, 0.1) is 0 Å². The van der Waals surface area contributed by atoms with E-state index in [9.17, 15) is 0 Å². The lowest BCUT2D eigenvalue weighted by Crippen LogP contribution is -2.21. The van der Waals surface area contributed by atoms with E-state index in [-0.39, 0.29) is 6.04 Å². The average Bonchev–Trinajstić information content (AvgIpc) is 2.69. The molecule has 0 radical (unpaired) electrons. The number of nitrogens with zero attached hydrogens (tertiary/aromatic N) is 3. The third-order valence-corrected chi connectivity index (χ3v) is 4.46. The number of anilines is 2. The van der Waals surface area contributed by atoms with Crippen molar-refractivity contribution < 1.29 is 0 Å². The molecular weight excluding hydrogens is 360 g/mol. The first-order valence-corrected chi connectivity index (χ1v) is 9.19. The van der Waals surface area contributed by atoms with Crippen molar-refractivity contribution in [1.82, 2.24) is 25.6 Å². The molecule has 3 aromatic rings. The highest BCUT2D eigenvalue weighted by Gasteiger charge is 2.11. The number of hydrogen-bond acceptors (Lipinski definition) is 6. The summed E-state index contributed by atoms with van der Waals surface area (Å²) in [6, 6.07) is 9.83. The fourth-order valence-corrected chi connectivity index (χ4v) is 3.02. The van der Waals surface area contributed by atoms with Crippen LogP contribution < -0.4 is 16.0 Å². The van der Waals surface area contributed by atoms with Gasteiger partial charge in [0.25, 0.3) is 0 Å². The lowest BCUT2D eigenvalue weighted by molar-refractivity contribution is 0.532. The molecule has 0 amide bonds. The fourth-order valence-electron chi connectivity index (χ4n) is 2.83. The van der Waals surface area contributed by atoms with Crippen molar-refractivity contribution in [2.75, 3.05) is 26.0 Å². The molecule has 7 heteroatoms. The van der Waals surface area contributed by atoms with Gasteiger partial charge in [-0.15, -0.1) is 0 Å². The first kappa shape index (κ1) is 19.2. The second-order valence-corrected chi connectivity index (χ2v) is 6.60. The minimum absolute atomic E-state index is 0.227. The molecule has 6 nitrogen and oxygen atoms in total. The highest BCUT2D eigenvalue weighted by Crippen LogP contribution is 2.24. The molecule has 0 aliphatic rings. The maximum absolute atomic E-state index is 6.04. The summed E-state index contributed by atoms with van der Waals surface area (Å²) < 4.78 is 0. The Kier molecular flexibility index (Phi) is 6.70. The molecule has 0 saturated carbocycles. The van der Waals surface area contributed by atoms with E-state index >= 15 is 0 Å². The van der Waals surface area contributed by atoms with Gasteiger partial charge in [0, 0.05) is 34.7 Å². The molecule has 2 aromatic heterocycles. The molecule has 1 aromatic carbocycles. The molecule has 3 rings (SSSR count). The van der Waals surface area contributed by atoms with Crippen LogP contribution in [-0.4, -0.2) is 35.6 Å². The Bertz CT molecular complexity index is 886. The van der Waals surface area contributed by atoms with Crippen molar-refractivity contribution in [3.05, 3.63) is 65.7 Å². The van der Waals surface area contributed by atoms with Crippen LogP contribution in [0.4, 0.5) is 11.5 Å². The molecule has 0 spiro atoms. The molecule has 27 heavy (non-hydrogen) atoms. The van der Waals surface area contributed by atoms with Crippen molar-refractivity contribution in [3.63, 3.8) is 0 Å². The number of hydrogen-bond donors (Lipinski definition) is 3. The van der Waals surface area contributed by atoms with Gasteiger partial charge in [0.15, 0.2) is 0 Å². The average molecular weight is 383 g/mol. The third kappa shape index (κ3) is 5.23. The van der Waals surface area contributed by atoms with Gasteiger partial charge in [-0.05, 0) is 56.9 Å². The molecule has 0 saturated heterocycles. The smallest absolute Gasteiger partial charge is 0.149 e. The minimum atomic E-state index is 0.227. The van der Waals surface area contributed by atoms with Gasteiger partial charge in [-0.2, -0.15) is 0 Å². The molecule has 0 aliphatic carbocycles. The van der Waals surface area contributed by atoms with Crippen LogP contribution in [0.2, 0.25) is 5.02 Å². The van der Waals surface area contributed by atoms with Gasteiger partial charge >= 0.3 is 0 Å². The van der Waals surface area contributed by atoms with E-state index in [1.54, 1.807) is 12.4 Å². The van der Waals surface area contributed by atoms with Gasteiger partial charge in [0.1, 0.15) is 5.82 Å². The Balaban J connectivity index is 1.83. The Morgan fingerprint density at radius 2 is 1.89 bits per heavy atom. The van der Waals surface area contributed by atoms with Crippen molar-refractivity contribution >= 4 is 23.1 Å². The zero-order valence-electron chi connectivity index (χ0n) is 15.4. The maximum Gasteiger partial charge on any atom is 0.149 e. The summed E-state index contributed by atoms with van der Waals surface area (Å²) in [6.45, 7) is 0.925. The standard InChI is InChI=1S/C20H23ClN6/c1-22-7-6-18(23-2)14-8-15(11-24-10-14)19-12-25-13-20(27-19)26-17-5-3-4-16(21)9-17/h3-5,8-13,18,22-23H,6-7H2,1-2H3,(H,26,27). The number of pyridine rings is 1. The first-order chi connectivity index (χ1) is 13.2. The van der Waals surface area contributed by atoms with Crippen LogP contribution in [0.25, 0.3) is 11.3 Å². The van der Waals surface area contributed by atoms with Gasteiger partial charge < -0.3 is 16.0 Å². The summed E-state index contributed by atoms with van der Waals surface area (Å²) in [7, 11) is 3.91. The van der Waals surface area contributed by atoms with Crippen LogP contribution in [-0.2, 0) is 0 Å². The zero-order valence-corrected chi connectivity index (χ0v) is 16.2. The SMILES string of the molecule is CNCCC(NC)c1cncc(-c2cncc(Nc3cccc(Cl)c3)n2)c1. The molecular formula is C20H23ClN6. The Morgan fingerprint density at radius 1 is 1.04 bits per heavy atom. The summed E-state index contributed by atoms with van der Waals surface area (Å²) in [5.41, 5.74) is 3.68. The van der Waals surface area contributed by atoms with E-state index < -0.39 is 0 Å². The minimum Gasteiger partial charge on any atom is -0.339 e. The number of benzene rings is 1. The van der Waals surface area contributed by atoms with Crippen LogP contribution in [0.1, 0.15) is 18.0 Å². The van der Waals surface area contributed by atoms with Crippen LogP contribution in [0.3, 0.4) is 0 Å². The summed E-state index contributed by atoms with van der Waals surface area (Å²) >= 11 is 6.04. The molecule has 0 fully saturated rings. The van der Waals surface area contributed by atoms with Crippen LogP contribution in [0.15, 0.2) is 55.1 Å². The lowest BCUT2D eigenvalue weighted by atomic mass is 10.0. The second kappa shape index (κ2) is 9.41. The fraction of sp³-hybridized carbons (Fsp3) is 0.250. The summed E-state index contributed by atoms with van der Waals surface area (Å²) in [5, 5.41) is 10.4. The van der Waals surface area contributed by atoms with E-state index in [1.165, 1.54) is 0 Å². The van der Waals surface area contributed by atoms with E-state index in [4.69, 9.17) is 11.6 Å². The Hall–Kier alpha value is -2.54. The Labute approximate surface area is 164 Å². The quantitative estimate of drug-likeness (QED) is 0.550. The summed E-state index contributed by atoms with van der Waals surface area (Å²) in [5.74, 6) is 0.653. The zero-order chi connectivity index (χ0) is 19.1. The summed E-state index contributed by atoms with van der Waals surface area (Å²) in [4.78, 5) is 13.4. The van der Waals surface area contributed by atoms with Gasteiger partial charge in [0.2, 0.25) is 0 Å².